The lowest BCUT2D eigenvalue weighted by Crippen LogP contribution is -1.98. The number of hydrogen-bond donors (Lipinski definition) is 0. The molecule has 0 aliphatic heterocycles. The van der Waals surface area contributed by atoms with Crippen molar-refractivity contribution in [1.29, 1.82) is 0 Å². The monoisotopic (exact) mass is 429 g/mol. The molecule has 0 saturated heterocycles. The van der Waals surface area contributed by atoms with E-state index in [-0.39, 0.29) is 10.6 Å². The highest BCUT2D eigenvalue weighted by atomic mass is 32.2. The van der Waals surface area contributed by atoms with Crippen LogP contribution in [0.15, 0.2) is 56.9 Å². The first kappa shape index (κ1) is 18.9. The largest absolute Gasteiger partial charge is 0.308 e. The highest BCUT2D eigenvalue weighted by Crippen LogP contribution is 2.35. The predicted molar refractivity (Wildman–Crippen MR) is 112 cm³/mol. The summed E-state index contributed by atoms with van der Waals surface area (Å²) in [4.78, 5) is 16.1. The van der Waals surface area contributed by atoms with E-state index in [1.165, 1.54) is 11.8 Å². The Kier molecular flexibility index (Phi) is 5.33. The summed E-state index contributed by atoms with van der Waals surface area (Å²) in [6.45, 7) is 1.83. The number of nitrogens with zero attached hydrogens (tertiary/aromatic N) is 5. The maximum Gasteiger partial charge on any atom is 0.283 e. The minimum absolute atomic E-state index is 0.0819. The molecule has 2 heterocycles. The van der Waals surface area contributed by atoms with Gasteiger partial charge >= 0.3 is 0 Å². The molecule has 142 valence electrons. The second kappa shape index (κ2) is 7.90. The fourth-order valence-corrected chi connectivity index (χ4v) is 5.49. The summed E-state index contributed by atoms with van der Waals surface area (Å²) in [5.41, 5.74) is 1.93. The third-order valence-corrected chi connectivity index (χ3v) is 7.32. The van der Waals surface area contributed by atoms with Crippen LogP contribution in [0.1, 0.15) is 11.4 Å². The highest BCUT2D eigenvalue weighted by molar-refractivity contribution is 8.00. The van der Waals surface area contributed by atoms with Gasteiger partial charge in [0.1, 0.15) is 5.82 Å². The third kappa shape index (κ3) is 3.89. The van der Waals surface area contributed by atoms with Crippen molar-refractivity contribution < 1.29 is 4.92 Å². The van der Waals surface area contributed by atoms with Gasteiger partial charge in [0.05, 0.1) is 25.8 Å². The van der Waals surface area contributed by atoms with Crippen molar-refractivity contribution in [1.82, 2.24) is 19.7 Å². The molecule has 2 aromatic carbocycles. The second-order valence-corrected chi connectivity index (χ2v) is 9.29. The number of fused-ring (bicyclic) bond motifs is 1. The molecule has 0 spiro atoms. The van der Waals surface area contributed by atoms with Crippen molar-refractivity contribution in [3.63, 3.8) is 0 Å². The van der Waals surface area contributed by atoms with Crippen LogP contribution in [0.3, 0.4) is 0 Å². The average Bonchev–Trinajstić information content (AvgIpc) is 3.24. The summed E-state index contributed by atoms with van der Waals surface area (Å²) in [6.07, 6.45) is 0. The number of nitro benzene ring substituents is 1. The van der Waals surface area contributed by atoms with E-state index < -0.39 is 0 Å². The molecule has 4 rings (SSSR count). The predicted octanol–water partition coefficient (Wildman–Crippen LogP) is 5.08. The molecule has 0 amide bonds. The van der Waals surface area contributed by atoms with E-state index in [0.717, 1.165) is 25.9 Å². The summed E-state index contributed by atoms with van der Waals surface area (Å²) in [7, 11) is 1.87. The van der Waals surface area contributed by atoms with Crippen molar-refractivity contribution in [2.45, 2.75) is 27.1 Å². The number of thiazole rings is 1. The lowest BCUT2D eigenvalue weighted by Gasteiger charge is -2.04. The Morgan fingerprint density at radius 1 is 1.21 bits per heavy atom. The molecule has 0 aliphatic carbocycles. The van der Waals surface area contributed by atoms with Crippen LogP contribution in [0.4, 0.5) is 5.69 Å². The van der Waals surface area contributed by atoms with Gasteiger partial charge in [0.15, 0.2) is 9.50 Å². The van der Waals surface area contributed by atoms with Gasteiger partial charge in [0, 0.05) is 13.1 Å². The zero-order valence-corrected chi connectivity index (χ0v) is 17.5. The van der Waals surface area contributed by atoms with E-state index in [2.05, 4.69) is 21.2 Å². The van der Waals surface area contributed by atoms with Crippen molar-refractivity contribution in [2.75, 3.05) is 0 Å². The smallest absolute Gasteiger partial charge is 0.283 e. The molecule has 0 unspecified atom stereocenters. The Labute approximate surface area is 173 Å². The van der Waals surface area contributed by atoms with Crippen molar-refractivity contribution in [3.8, 4) is 0 Å². The Morgan fingerprint density at radius 3 is 2.82 bits per heavy atom. The van der Waals surface area contributed by atoms with E-state index in [0.29, 0.717) is 15.8 Å². The van der Waals surface area contributed by atoms with Gasteiger partial charge in [-0.15, -0.1) is 21.5 Å². The summed E-state index contributed by atoms with van der Waals surface area (Å²) >= 11 is 4.51. The van der Waals surface area contributed by atoms with Crippen LogP contribution in [0.25, 0.3) is 10.2 Å². The van der Waals surface area contributed by atoms with Gasteiger partial charge in [-0.1, -0.05) is 30.0 Å². The Balaban J connectivity index is 1.51. The van der Waals surface area contributed by atoms with Gasteiger partial charge in [-0.3, -0.25) is 10.1 Å². The average molecular weight is 430 g/mol. The molecule has 0 atom stereocenters. The first-order valence-electron chi connectivity index (χ1n) is 8.31. The zero-order valence-electron chi connectivity index (χ0n) is 15.0. The van der Waals surface area contributed by atoms with Crippen molar-refractivity contribution >= 4 is 50.8 Å². The van der Waals surface area contributed by atoms with Crippen LogP contribution < -0.4 is 0 Å². The Hall–Kier alpha value is -2.43. The number of para-hydroxylation sites is 1. The quantitative estimate of drug-likeness (QED) is 0.240. The van der Waals surface area contributed by atoms with Gasteiger partial charge in [-0.25, -0.2) is 4.98 Å². The van der Waals surface area contributed by atoms with Crippen LogP contribution >= 0.6 is 34.9 Å². The number of hydrogen-bond acceptors (Lipinski definition) is 8. The van der Waals surface area contributed by atoms with Crippen LogP contribution in [-0.2, 0) is 12.8 Å². The standard InChI is InChI=1S/C18H15N5O2S3/c1-11-7-8-15(13(9-11)23(24)25)27-17-21-20-16(22(17)2)10-26-18-19-12-5-3-4-6-14(12)28-18/h3-9H,10H2,1-2H3. The van der Waals surface area contributed by atoms with E-state index in [1.807, 2.05) is 42.8 Å². The Bertz CT molecular complexity index is 1140. The van der Waals surface area contributed by atoms with Crippen LogP contribution in [-0.4, -0.2) is 24.7 Å². The third-order valence-electron chi connectivity index (χ3n) is 4.04. The second-order valence-electron chi connectivity index (χ2n) is 6.02. The normalized spacial score (nSPS) is 11.2. The first-order valence-corrected chi connectivity index (χ1v) is 10.9. The molecular formula is C18H15N5O2S3. The van der Waals surface area contributed by atoms with Gasteiger partial charge < -0.3 is 4.57 Å². The summed E-state index contributed by atoms with van der Waals surface area (Å²) in [6, 6.07) is 13.2. The van der Waals surface area contributed by atoms with Crippen LogP contribution in [0, 0.1) is 17.0 Å². The molecule has 0 N–H and O–H groups in total. The van der Waals surface area contributed by atoms with E-state index in [9.17, 15) is 10.1 Å². The molecule has 0 fully saturated rings. The SMILES string of the molecule is Cc1ccc(Sc2nnc(CSc3nc4ccccc4s3)n2C)c([N+](=O)[O-])c1. The maximum absolute atomic E-state index is 11.3. The van der Waals surface area contributed by atoms with Gasteiger partial charge in [-0.05, 0) is 42.4 Å². The van der Waals surface area contributed by atoms with E-state index >= 15 is 0 Å². The molecule has 2 aromatic heterocycles. The lowest BCUT2D eigenvalue weighted by atomic mass is 10.2. The number of nitro groups is 1. The number of thioether (sulfide) groups is 1. The zero-order chi connectivity index (χ0) is 19.7. The lowest BCUT2D eigenvalue weighted by molar-refractivity contribution is -0.387. The first-order chi connectivity index (χ1) is 13.5. The number of aryl methyl sites for hydroxylation is 1. The molecule has 0 radical (unpaired) electrons. The van der Waals surface area contributed by atoms with Gasteiger partial charge in [-0.2, -0.15) is 0 Å². The molecule has 0 aliphatic rings. The minimum Gasteiger partial charge on any atom is -0.308 e. The number of benzene rings is 2. The minimum atomic E-state index is -0.365. The van der Waals surface area contributed by atoms with Gasteiger partial charge in [0.2, 0.25) is 0 Å². The van der Waals surface area contributed by atoms with Crippen LogP contribution in [0.5, 0.6) is 0 Å². The van der Waals surface area contributed by atoms with Crippen molar-refractivity contribution in [3.05, 3.63) is 64.0 Å². The molecular weight excluding hydrogens is 414 g/mol. The fraction of sp³-hybridized carbons (Fsp3) is 0.167. The molecule has 4 aromatic rings. The van der Waals surface area contributed by atoms with Crippen LogP contribution in [0.2, 0.25) is 0 Å². The number of aromatic nitrogens is 4. The Morgan fingerprint density at radius 2 is 2.04 bits per heavy atom. The molecule has 7 nitrogen and oxygen atoms in total. The molecule has 0 saturated carbocycles. The molecule has 0 bridgehead atoms. The summed E-state index contributed by atoms with van der Waals surface area (Å²) < 4.78 is 4.01. The topological polar surface area (TPSA) is 86.7 Å². The molecule has 28 heavy (non-hydrogen) atoms. The van der Waals surface area contributed by atoms with E-state index in [1.54, 1.807) is 35.2 Å². The summed E-state index contributed by atoms with van der Waals surface area (Å²) in [5.74, 6) is 1.42. The van der Waals surface area contributed by atoms with E-state index in [4.69, 9.17) is 0 Å². The highest BCUT2D eigenvalue weighted by Gasteiger charge is 2.18. The van der Waals surface area contributed by atoms with Crippen molar-refractivity contribution in [2.24, 2.45) is 7.05 Å². The molecule has 10 heteroatoms. The summed E-state index contributed by atoms with van der Waals surface area (Å²) in [5, 5.41) is 20.4. The fourth-order valence-electron chi connectivity index (χ4n) is 2.55. The number of rotatable bonds is 6. The van der Waals surface area contributed by atoms with Gasteiger partial charge in [0.25, 0.3) is 5.69 Å². The maximum atomic E-state index is 11.3.